The van der Waals surface area contributed by atoms with Crippen molar-refractivity contribution in [2.24, 2.45) is 0 Å². The molecule has 1 heterocycles. The van der Waals surface area contributed by atoms with Crippen molar-refractivity contribution in [3.05, 3.63) is 0 Å². The summed E-state index contributed by atoms with van der Waals surface area (Å²) in [6.07, 6.45) is 0.780. The van der Waals surface area contributed by atoms with Gasteiger partial charge < -0.3 is 5.32 Å². The fourth-order valence-electron chi connectivity index (χ4n) is 1.14. The van der Waals surface area contributed by atoms with E-state index in [2.05, 4.69) is 24.1 Å². The van der Waals surface area contributed by atoms with Gasteiger partial charge in [-0.15, -0.1) is 0 Å². The lowest BCUT2D eigenvalue weighted by atomic mass is 10.1. The molecule has 10 heavy (non-hydrogen) atoms. The first-order valence-electron chi connectivity index (χ1n) is 3.67. The number of rotatable bonds is 3. The highest BCUT2D eigenvalue weighted by atomic mass is 16.1. The molecule has 0 aromatic carbocycles. The molecule has 1 amide bonds. The highest BCUT2D eigenvalue weighted by Crippen LogP contribution is 2.10. The smallest absolute Gasteiger partial charge is 0.207 e. The van der Waals surface area contributed by atoms with E-state index in [0.717, 1.165) is 19.5 Å². The van der Waals surface area contributed by atoms with Crippen molar-refractivity contribution < 1.29 is 4.79 Å². The summed E-state index contributed by atoms with van der Waals surface area (Å²) in [7, 11) is 0. The lowest BCUT2D eigenvalue weighted by Gasteiger charge is -2.41. The number of amides is 1. The number of nitrogens with zero attached hydrogens (tertiary/aromatic N) is 1. The van der Waals surface area contributed by atoms with Crippen molar-refractivity contribution in [1.82, 2.24) is 10.2 Å². The zero-order valence-corrected chi connectivity index (χ0v) is 6.50. The Labute approximate surface area is 61.4 Å². The molecule has 0 bridgehead atoms. The standard InChI is InChI=1S/C7H14N2O/c1-6(2)9-3-7(4-9)8-5-10/h5-7H,3-4H2,1-2H3,(H,8,10). The van der Waals surface area contributed by atoms with E-state index in [1.165, 1.54) is 0 Å². The van der Waals surface area contributed by atoms with Gasteiger partial charge in [0.05, 0.1) is 6.04 Å². The number of carbonyl (C=O) groups excluding carboxylic acids is 1. The summed E-state index contributed by atoms with van der Waals surface area (Å²) in [5.74, 6) is 0. The van der Waals surface area contributed by atoms with Crippen molar-refractivity contribution in [2.75, 3.05) is 13.1 Å². The number of hydrogen-bond acceptors (Lipinski definition) is 2. The maximum Gasteiger partial charge on any atom is 0.207 e. The van der Waals surface area contributed by atoms with Crippen LogP contribution in [0.15, 0.2) is 0 Å². The molecule has 1 N–H and O–H groups in total. The van der Waals surface area contributed by atoms with E-state index in [4.69, 9.17) is 0 Å². The maximum absolute atomic E-state index is 9.95. The van der Waals surface area contributed by atoms with E-state index in [0.29, 0.717) is 12.1 Å². The molecule has 0 spiro atoms. The first-order chi connectivity index (χ1) is 4.74. The van der Waals surface area contributed by atoms with Gasteiger partial charge in [-0.3, -0.25) is 9.69 Å². The first kappa shape index (κ1) is 7.54. The third-order valence-electron chi connectivity index (χ3n) is 1.94. The minimum absolute atomic E-state index is 0.403. The molecule has 0 radical (unpaired) electrons. The molecule has 58 valence electrons. The first-order valence-corrected chi connectivity index (χ1v) is 3.67. The number of nitrogens with one attached hydrogen (secondary N) is 1. The molecule has 3 heteroatoms. The highest BCUT2D eigenvalue weighted by molar-refractivity contribution is 5.47. The van der Waals surface area contributed by atoms with Gasteiger partial charge in [0.25, 0.3) is 0 Å². The van der Waals surface area contributed by atoms with Crippen LogP contribution in [0.3, 0.4) is 0 Å². The third kappa shape index (κ3) is 1.48. The van der Waals surface area contributed by atoms with E-state index < -0.39 is 0 Å². The van der Waals surface area contributed by atoms with Crippen LogP contribution in [-0.2, 0) is 4.79 Å². The second-order valence-corrected chi connectivity index (χ2v) is 3.03. The van der Waals surface area contributed by atoms with Crippen LogP contribution < -0.4 is 5.32 Å². The van der Waals surface area contributed by atoms with Gasteiger partial charge in [0.2, 0.25) is 6.41 Å². The van der Waals surface area contributed by atoms with Gasteiger partial charge in [0.1, 0.15) is 0 Å². The average molecular weight is 142 g/mol. The fourth-order valence-corrected chi connectivity index (χ4v) is 1.14. The Balaban J connectivity index is 2.11. The Morgan fingerprint density at radius 1 is 1.60 bits per heavy atom. The molecular weight excluding hydrogens is 128 g/mol. The summed E-state index contributed by atoms with van der Waals surface area (Å²) in [6.45, 7) is 6.35. The molecule has 0 atom stereocenters. The minimum atomic E-state index is 0.403. The van der Waals surface area contributed by atoms with E-state index in [-0.39, 0.29) is 0 Å². The van der Waals surface area contributed by atoms with Crippen molar-refractivity contribution >= 4 is 6.41 Å². The van der Waals surface area contributed by atoms with Crippen molar-refractivity contribution in [2.45, 2.75) is 25.9 Å². The van der Waals surface area contributed by atoms with Gasteiger partial charge in [0, 0.05) is 19.1 Å². The lowest BCUT2D eigenvalue weighted by molar-refractivity contribution is -0.111. The van der Waals surface area contributed by atoms with Crippen LogP contribution in [0, 0.1) is 0 Å². The monoisotopic (exact) mass is 142 g/mol. The average Bonchev–Trinajstić information content (AvgIpc) is 1.76. The number of carbonyl (C=O) groups is 1. The van der Waals surface area contributed by atoms with Gasteiger partial charge in [-0.25, -0.2) is 0 Å². The van der Waals surface area contributed by atoms with Crippen molar-refractivity contribution in [3.8, 4) is 0 Å². The minimum Gasteiger partial charge on any atom is -0.353 e. The Bertz CT molecular complexity index is 119. The van der Waals surface area contributed by atoms with Crippen LogP contribution in [0.1, 0.15) is 13.8 Å². The fraction of sp³-hybridized carbons (Fsp3) is 0.857. The van der Waals surface area contributed by atoms with E-state index in [1.54, 1.807) is 0 Å². The van der Waals surface area contributed by atoms with Gasteiger partial charge in [-0.1, -0.05) is 0 Å². The SMILES string of the molecule is CC(C)N1CC(NC=O)C1. The van der Waals surface area contributed by atoms with Crippen molar-refractivity contribution in [1.29, 1.82) is 0 Å². The molecule has 0 aliphatic carbocycles. The largest absolute Gasteiger partial charge is 0.353 e. The summed E-state index contributed by atoms with van der Waals surface area (Å²) >= 11 is 0. The molecule has 3 nitrogen and oxygen atoms in total. The Morgan fingerprint density at radius 2 is 2.20 bits per heavy atom. The normalized spacial score (nSPS) is 20.7. The Morgan fingerprint density at radius 3 is 2.60 bits per heavy atom. The van der Waals surface area contributed by atoms with Crippen LogP contribution >= 0.6 is 0 Å². The number of likely N-dealkylation sites (tertiary alicyclic amines) is 1. The zero-order chi connectivity index (χ0) is 7.56. The van der Waals surface area contributed by atoms with Crippen LogP contribution in [-0.4, -0.2) is 36.5 Å². The quantitative estimate of drug-likeness (QED) is 0.555. The molecule has 0 aromatic heterocycles. The summed E-state index contributed by atoms with van der Waals surface area (Å²) in [6, 6.07) is 1.02. The molecule has 0 saturated carbocycles. The molecule has 0 unspecified atom stereocenters. The van der Waals surface area contributed by atoms with E-state index >= 15 is 0 Å². The van der Waals surface area contributed by atoms with Gasteiger partial charge in [-0.2, -0.15) is 0 Å². The molecule has 1 fully saturated rings. The van der Waals surface area contributed by atoms with Crippen LogP contribution in [0.4, 0.5) is 0 Å². The van der Waals surface area contributed by atoms with E-state index in [1.807, 2.05) is 0 Å². The van der Waals surface area contributed by atoms with Crippen molar-refractivity contribution in [3.63, 3.8) is 0 Å². The van der Waals surface area contributed by atoms with Crippen LogP contribution in [0.2, 0.25) is 0 Å². The maximum atomic E-state index is 9.95. The molecule has 1 saturated heterocycles. The second-order valence-electron chi connectivity index (χ2n) is 3.03. The van der Waals surface area contributed by atoms with Gasteiger partial charge >= 0.3 is 0 Å². The third-order valence-corrected chi connectivity index (χ3v) is 1.94. The molecular formula is C7H14N2O. The highest BCUT2D eigenvalue weighted by Gasteiger charge is 2.27. The lowest BCUT2D eigenvalue weighted by Crippen LogP contribution is -2.59. The molecule has 1 rings (SSSR count). The summed E-state index contributed by atoms with van der Waals surface area (Å²) < 4.78 is 0. The summed E-state index contributed by atoms with van der Waals surface area (Å²) in [4.78, 5) is 12.3. The topological polar surface area (TPSA) is 32.3 Å². The predicted molar refractivity (Wildman–Crippen MR) is 39.7 cm³/mol. The van der Waals surface area contributed by atoms with Gasteiger partial charge in [0.15, 0.2) is 0 Å². The molecule has 0 aromatic rings. The number of hydrogen-bond donors (Lipinski definition) is 1. The van der Waals surface area contributed by atoms with Gasteiger partial charge in [-0.05, 0) is 13.8 Å². The van der Waals surface area contributed by atoms with Crippen LogP contribution in [0.25, 0.3) is 0 Å². The Hall–Kier alpha value is -0.570. The summed E-state index contributed by atoms with van der Waals surface area (Å²) in [5, 5.41) is 2.74. The second kappa shape index (κ2) is 3.01. The zero-order valence-electron chi connectivity index (χ0n) is 6.50. The molecule has 1 aliphatic heterocycles. The summed E-state index contributed by atoms with van der Waals surface area (Å²) in [5.41, 5.74) is 0. The van der Waals surface area contributed by atoms with E-state index in [9.17, 15) is 4.79 Å². The van der Waals surface area contributed by atoms with Crippen LogP contribution in [0.5, 0.6) is 0 Å². The molecule has 1 aliphatic rings. The Kier molecular flexibility index (Phi) is 2.27. The predicted octanol–water partition coefficient (Wildman–Crippen LogP) is -0.175.